The SMILES string of the molecule is Cc1cccc(C(N)C2CCC(NC(=O)c3cc(-c4ccc(Cl)cc4)oc3C)CC2)c1C. The third kappa shape index (κ3) is 4.77. The van der Waals surface area contributed by atoms with Crippen LogP contribution in [-0.4, -0.2) is 11.9 Å². The highest BCUT2D eigenvalue weighted by Crippen LogP contribution is 2.35. The van der Waals surface area contributed by atoms with Crippen LogP contribution in [0.25, 0.3) is 11.3 Å². The molecule has 1 atom stereocenters. The number of halogens is 1. The van der Waals surface area contributed by atoms with E-state index in [0.29, 0.717) is 28.0 Å². The van der Waals surface area contributed by atoms with Gasteiger partial charge < -0.3 is 15.5 Å². The number of nitrogens with two attached hydrogens (primary N) is 1. The van der Waals surface area contributed by atoms with Gasteiger partial charge in [0.05, 0.1) is 5.56 Å². The Balaban J connectivity index is 1.37. The molecule has 0 radical (unpaired) electrons. The van der Waals surface area contributed by atoms with E-state index >= 15 is 0 Å². The molecule has 1 unspecified atom stereocenters. The molecular weight excluding hydrogens is 420 g/mol. The van der Waals surface area contributed by atoms with Gasteiger partial charge in [0.25, 0.3) is 5.91 Å². The van der Waals surface area contributed by atoms with Crippen molar-refractivity contribution in [1.29, 1.82) is 0 Å². The summed E-state index contributed by atoms with van der Waals surface area (Å²) in [7, 11) is 0. The quantitative estimate of drug-likeness (QED) is 0.465. The van der Waals surface area contributed by atoms with E-state index in [-0.39, 0.29) is 18.0 Å². The molecule has 1 fully saturated rings. The average molecular weight is 451 g/mol. The van der Waals surface area contributed by atoms with Crippen molar-refractivity contribution in [3.8, 4) is 11.3 Å². The smallest absolute Gasteiger partial charge is 0.255 e. The second kappa shape index (κ2) is 9.51. The Labute approximate surface area is 195 Å². The molecule has 4 rings (SSSR count). The van der Waals surface area contributed by atoms with Gasteiger partial charge >= 0.3 is 0 Å². The van der Waals surface area contributed by atoms with Crippen LogP contribution < -0.4 is 11.1 Å². The van der Waals surface area contributed by atoms with E-state index in [1.165, 1.54) is 16.7 Å². The van der Waals surface area contributed by atoms with Crippen LogP contribution in [0.3, 0.4) is 0 Å². The summed E-state index contributed by atoms with van der Waals surface area (Å²) in [5.41, 5.74) is 12.0. The maximum absolute atomic E-state index is 12.9. The van der Waals surface area contributed by atoms with Crippen LogP contribution in [0.2, 0.25) is 5.02 Å². The lowest BCUT2D eigenvalue weighted by Gasteiger charge is -2.33. The van der Waals surface area contributed by atoms with Gasteiger partial charge in [0.2, 0.25) is 0 Å². The number of carbonyl (C=O) groups is 1. The molecule has 0 saturated heterocycles. The van der Waals surface area contributed by atoms with Crippen molar-refractivity contribution in [3.05, 3.63) is 81.6 Å². The van der Waals surface area contributed by atoms with Gasteiger partial charge in [0.15, 0.2) is 0 Å². The highest BCUT2D eigenvalue weighted by molar-refractivity contribution is 6.30. The van der Waals surface area contributed by atoms with Gasteiger partial charge in [-0.15, -0.1) is 0 Å². The molecular formula is C27H31ClN2O2. The minimum absolute atomic E-state index is 0.0459. The zero-order valence-electron chi connectivity index (χ0n) is 19.0. The van der Waals surface area contributed by atoms with E-state index in [0.717, 1.165) is 31.2 Å². The number of carbonyl (C=O) groups excluding carboxylic acids is 1. The molecule has 1 aromatic heterocycles. The summed E-state index contributed by atoms with van der Waals surface area (Å²) >= 11 is 5.97. The van der Waals surface area contributed by atoms with Gasteiger partial charge in [0, 0.05) is 22.7 Å². The van der Waals surface area contributed by atoms with Crippen LogP contribution >= 0.6 is 11.6 Å². The van der Waals surface area contributed by atoms with Crippen molar-refractivity contribution in [2.45, 2.75) is 58.5 Å². The molecule has 1 aliphatic carbocycles. The fraction of sp³-hybridized carbons (Fsp3) is 0.370. The molecule has 0 spiro atoms. The first-order valence-electron chi connectivity index (χ1n) is 11.3. The monoisotopic (exact) mass is 450 g/mol. The Kier molecular flexibility index (Phi) is 6.73. The Morgan fingerprint density at radius 2 is 1.75 bits per heavy atom. The summed E-state index contributed by atoms with van der Waals surface area (Å²) in [6.07, 6.45) is 3.91. The molecule has 3 N–H and O–H groups in total. The predicted octanol–water partition coefficient (Wildman–Crippen LogP) is 6.51. The number of hydrogen-bond acceptors (Lipinski definition) is 3. The van der Waals surface area contributed by atoms with Crippen molar-refractivity contribution in [2.24, 2.45) is 11.7 Å². The molecule has 2 aromatic carbocycles. The van der Waals surface area contributed by atoms with E-state index in [9.17, 15) is 4.79 Å². The molecule has 1 heterocycles. The summed E-state index contributed by atoms with van der Waals surface area (Å²) < 4.78 is 5.85. The lowest BCUT2D eigenvalue weighted by Crippen LogP contribution is -2.39. The Hall–Kier alpha value is -2.56. The zero-order valence-corrected chi connectivity index (χ0v) is 19.7. The van der Waals surface area contributed by atoms with Gasteiger partial charge in [-0.05, 0) is 99.4 Å². The van der Waals surface area contributed by atoms with Crippen molar-refractivity contribution in [1.82, 2.24) is 5.32 Å². The molecule has 32 heavy (non-hydrogen) atoms. The Bertz CT molecular complexity index is 1100. The number of rotatable bonds is 5. The topological polar surface area (TPSA) is 68.3 Å². The third-order valence-electron chi connectivity index (χ3n) is 6.91. The number of amides is 1. The molecule has 1 saturated carbocycles. The molecule has 1 amide bonds. The van der Waals surface area contributed by atoms with Crippen molar-refractivity contribution in [2.75, 3.05) is 0 Å². The van der Waals surface area contributed by atoms with E-state index in [4.69, 9.17) is 21.8 Å². The number of aryl methyl sites for hydroxylation is 2. The predicted molar refractivity (Wildman–Crippen MR) is 130 cm³/mol. The standard InChI is InChI=1S/C27H31ClN2O2/c1-16-5-4-6-23(17(16)2)26(29)20-9-13-22(14-10-20)30-27(31)24-15-25(32-18(24)3)19-7-11-21(28)12-8-19/h4-8,11-12,15,20,22,26H,9-10,13-14,29H2,1-3H3,(H,30,31). The van der Waals surface area contributed by atoms with Gasteiger partial charge in [-0.1, -0.05) is 29.8 Å². The molecule has 4 nitrogen and oxygen atoms in total. The van der Waals surface area contributed by atoms with Crippen LogP contribution in [-0.2, 0) is 0 Å². The summed E-state index contributed by atoms with van der Waals surface area (Å²) in [4.78, 5) is 12.9. The Morgan fingerprint density at radius 3 is 2.44 bits per heavy atom. The fourth-order valence-electron chi connectivity index (χ4n) is 4.74. The highest BCUT2D eigenvalue weighted by Gasteiger charge is 2.29. The summed E-state index contributed by atoms with van der Waals surface area (Å²) in [6, 6.07) is 15.8. The number of hydrogen-bond donors (Lipinski definition) is 2. The maximum Gasteiger partial charge on any atom is 0.255 e. The minimum Gasteiger partial charge on any atom is -0.461 e. The second-order valence-electron chi connectivity index (χ2n) is 8.99. The summed E-state index contributed by atoms with van der Waals surface area (Å²) in [5, 5.41) is 3.88. The maximum atomic E-state index is 12.9. The first-order chi connectivity index (χ1) is 15.3. The molecule has 168 valence electrons. The van der Waals surface area contributed by atoms with E-state index in [1.807, 2.05) is 37.3 Å². The van der Waals surface area contributed by atoms with Crippen molar-refractivity contribution < 1.29 is 9.21 Å². The van der Waals surface area contributed by atoms with Crippen LogP contribution in [0.15, 0.2) is 52.9 Å². The van der Waals surface area contributed by atoms with E-state index in [2.05, 4.69) is 37.4 Å². The molecule has 0 aliphatic heterocycles. The zero-order chi connectivity index (χ0) is 22.8. The van der Waals surface area contributed by atoms with Crippen LogP contribution in [0.4, 0.5) is 0 Å². The summed E-state index contributed by atoms with van der Waals surface area (Å²) in [5.74, 6) is 1.66. The van der Waals surface area contributed by atoms with Crippen molar-refractivity contribution >= 4 is 17.5 Å². The number of benzene rings is 2. The minimum atomic E-state index is -0.0752. The fourth-order valence-corrected chi connectivity index (χ4v) is 4.86. The van der Waals surface area contributed by atoms with Crippen molar-refractivity contribution in [3.63, 3.8) is 0 Å². The number of nitrogens with one attached hydrogen (secondary N) is 1. The van der Waals surface area contributed by atoms with Gasteiger partial charge in [0.1, 0.15) is 11.5 Å². The average Bonchev–Trinajstić information content (AvgIpc) is 3.18. The first kappa shape index (κ1) is 22.6. The summed E-state index contributed by atoms with van der Waals surface area (Å²) in [6.45, 7) is 6.12. The highest BCUT2D eigenvalue weighted by atomic mass is 35.5. The second-order valence-corrected chi connectivity index (χ2v) is 9.42. The lowest BCUT2D eigenvalue weighted by molar-refractivity contribution is 0.0918. The Morgan fingerprint density at radius 1 is 1.06 bits per heavy atom. The van der Waals surface area contributed by atoms with E-state index in [1.54, 1.807) is 0 Å². The van der Waals surface area contributed by atoms with Crippen LogP contribution in [0.1, 0.15) is 64.5 Å². The lowest BCUT2D eigenvalue weighted by atomic mass is 9.78. The normalized spacial score (nSPS) is 19.5. The number of furan rings is 1. The molecule has 3 aromatic rings. The largest absolute Gasteiger partial charge is 0.461 e. The third-order valence-corrected chi connectivity index (χ3v) is 7.16. The van der Waals surface area contributed by atoms with Gasteiger partial charge in [-0.2, -0.15) is 0 Å². The van der Waals surface area contributed by atoms with Crippen LogP contribution in [0, 0.1) is 26.7 Å². The first-order valence-corrected chi connectivity index (χ1v) is 11.7. The van der Waals surface area contributed by atoms with E-state index < -0.39 is 0 Å². The molecule has 5 heteroatoms. The van der Waals surface area contributed by atoms with Gasteiger partial charge in [-0.3, -0.25) is 4.79 Å². The molecule has 1 aliphatic rings. The molecule has 0 bridgehead atoms. The van der Waals surface area contributed by atoms with Gasteiger partial charge in [-0.25, -0.2) is 0 Å². The van der Waals surface area contributed by atoms with Crippen LogP contribution in [0.5, 0.6) is 0 Å².